The van der Waals surface area contributed by atoms with Crippen molar-refractivity contribution in [3.05, 3.63) is 72.1 Å². The fourth-order valence-corrected chi connectivity index (χ4v) is 2.36. The Hall–Kier alpha value is -3.25. The van der Waals surface area contributed by atoms with Crippen molar-refractivity contribution in [2.24, 2.45) is 0 Å². The molecule has 3 aromatic rings. The third kappa shape index (κ3) is 6.52. The van der Waals surface area contributed by atoms with Gasteiger partial charge in [0, 0.05) is 31.8 Å². The highest BCUT2D eigenvalue weighted by Gasteiger charge is 2.06. The monoisotopic (exact) mass is 382 g/mol. The molecule has 3 rings (SSSR count). The Balaban J connectivity index is 0.000000208. The predicted octanol–water partition coefficient (Wildman–Crippen LogP) is 4.40. The van der Waals surface area contributed by atoms with E-state index < -0.39 is 0 Å². The third-order valence-electron chi connectivity index (χ3n) is 3.24. The minimum Gasteiger partial charge on any atom is -0.324 e. The molecule has 2 heterocycles. The molecule has 6 nitrogen and oxygen atoms in total. The Labute approximate surface area is 162 Å². The van der Waals surface area contributed by atoms with Crippen molar-refractivity contribution in [3.8, 4) is 11.3 Å². The van der Waals surface area contributed by atoms with Gasteiger partial charge in [-0.2, -0.15) is 0 Å². The molecule has 138 valence electrons. The lowest BCUT2D eigenvalue weighted by Gasteiger charge is -2.08. The Morgan fingerprint density at radius 1 is 0.778 bits per heavy atom. The van der Waals surface area contributed by atoms with Gasteiger partial charge >= 0.3 is 0 Å². The molecule has 7 heteroatoms. The summed E-state index contributed by atoms with van der Waals surface area (Å²) in [7, 11) is 0. The molecule has 0 aliphatic rings. The topological polar surface area (TPSA) is 84.0 Å². The molecule has 0 fully saturated rings. The van der Waals surface area contributed by atoms with Crippen molar-refractivity contribution in [2.45, 2.75) is 13.8 Å². The van der Waals surface area contributed by atoms with E-state index in [2.05, 4.69) is 20.6 Å². The molecule has 0 aliphatic heterocycles. The average Bonchev–Trinajstić information content (AvgIpc) is 2.65. The first-order valence-corrected chi connectivity index (χ1v) is 8.51. The molecule has 1 aromatic carbocycles. The molecule has 2 aromatic heterocycles. The first kappa shape index (κ1) is 20.1. The quantitative estimate of drug-likeness (QED) is 0.657. The molecule has 0 saturated carbocycles. The minimum absolute atomic E-state index is 0.0924. The molecule has 0 bridgehead atoms. The average molecular weight is 383 g/mol. The molecule has 0 atom stereocenters. The van der Waals surface area contributed by atoms with Gasteiger partial charge in [-0.15, -0.1) is 0 Å². The first-order valence-electron chi connectivity index (χ1n) is 8.13. The molecular weight excluding hydrogens is 364 g/mol. The van der Waals surface area contributed by atoms with Crippen LogP contribution in [-0.4, -0.2) is 21.8 Å². The van der Waals surface area contributed by atoms with Crippen LogP contribution in [0.15, 0.2) is 67.0 Å². The number of nitrogens with one attached hydrogen (secondary N) is 2. The second-order valence-electron chi connectivity index (χ2n) is 5.47. The van der Waals surface area contributed by atoms with Crippen molar-refractivity contribution in [3.63, 3.8) is 0 Å². The Morgan fingerprint density at radius 3 is 1.93 bits per heavy atom. The summed E-state index contributed by atoms with van der Waals surface area (Å²) in [5, 5.41) is 5.62. The fourth-order valence-electron chi connectivity index (χ4n) is 2.19. The van der Waals surface area contributed by atoms with Crippen LogP contribution < -0.4 is 10.6 Å². The van der Waals surface area contributed by atoms with Crippen LogP contribution in [0.4, 0.5) is 11.4 Å². The second kappa shape index (κ2) is 10.0. The van der Waals surface area contributed by atoms with E-state index in [0.29, 0.717) is 10.8 Å². The fraction of sp³-hybridized carbons (Fsp3) is 0.100. The summed E-state index contributed by atoms with van der Waals surface area (Å²) in [4.78, 5) is 29.7. The van der Waals surface area contributed by atoms with E-state index in [1.807, 2.05) is 36.4 Å². The number of benzene rings is 1. The van der Waals surface area contributed by atoms with Gasteiger partial charge in [0.25, 0.3) is 0 Å². The maximum absolute atomic E-state index is 11.1. The maximum Gasteiger partial charge on any atom is 0.221 e. The third-order valence-corrected chi connectivity index (χ3v) is 3.54. The summed E-state index contributed by atoms with van der Waals surface area (Å²) in [5.74, 6) is -0.245. The Morgan fingerprint density at radius 2 is 1.33 bits per heavy atom. The van der Waals surface area contributed by atoms with E-state index in [0.717, 1.165) is 16.9 Å². The van der Waals surface area contributed by atoms with Crippen molar-refractivity contribution in [2.75, 3.05) is 10.6 Å². The normalized spacial score (nSPS) is 9.59. The summed E-state index contributed by atoms with van der Waals surface area (Å²) in [6.07, 6.45) is 3.28. The molecule has 0 spiro atoms. The lowest BCUT2D eigenvalue weighted by molar-refractivity contribution is -0.115. The summed E-state index contributed by atoms with van der Waals surface area (Å²) in [6, 6.07) is 16.8. The maximum atomic E-state index is 11.1. The standard InChI is InChI=1S/C13H12N2O.C7H7ClN2O/c1-10(16)15-12-8-5-9-14-13(12)11-6-3-2-4-7-11;1-5(11)10-6-3-2-4-9-7(6)8/h2-9H,1H3,(H,15,16);2-4H,1H3,(H,10,11). The number of carbonyl (C=O) groups is 2. The number of hydrogen-bond acceptors (Lipinski definition) is 4. The van der Waals surface area contributed by atoms with Crippen LogP contribution in [0.1, 0.15) is 13.8 Å². The summed E-state index contributed by atoms with van der Waals surface area (Å²) >= 11 is 5.64. The molecular formula is C20H19ClN4O2. The lowest BCUT2D eigenvalue weighted by atomic mass is 10.1. The van der Waals surface area contributed by atoms with E-state index in [9.17, 15) is 9.59 Å². The van der Waals surface area contributed by atoms with Crippen LogP contribution in [0.25, 0.3) is 11.3 Å². The van der Waals surface area contributed by atoms with Crippen molar-refractivity contribution in [1.29, 1.82) is 0 Å². The SMILES string of the molecule is CC(=O)Nc1cccnc1-c1ccccc1.CC(=O)Nc1cccnc1Cl. The number of carbonyl (C=O) groups excluding carboxylic acids is 2. The van der Waals surface area contributed by atoms with Crippen LogP contribution >= 0.6 is 11.6 Å². The van der Waals surface area contributed by atoms with E-state index in [4.69, 9.17) is 11.6 Å². The Bertz CT molecular complexity index is 917. The van der Waals surface area contributed by atoms with Crippen molar-refractivity contribution in [1.82, 2.24) is 9.97 Å². The largest absolute Gasteiger partial charge is 0.324 e. The van der Waals surface area contributed by atoms with Gasteiger partial charge in [0.1, 0.15) is 0 Å². The summed E-state index contributed by atoms with van der Waals surface area (Å²) in [5.41, 5.74) is 3.06. The number of amides is 2. The smallest absolute Gasteiger partial charge is 0.221 e. The molecule has 27 heavy (non-hydrogen) atoms. The number of halogens is 1. The number of pyridine rings is 2. The van der Waals surface area contributed by atoms with Gasteiger partial charge in [-0.25, -0.2) is 4.98 Å². The highest BCUT2D eigenvalue weighted by atomic mass is 35.5. The van der Waals surface area contributed by atoms with Gasteiger partial charge in [-0.1, -0.05) is 41.9 Å². The van der Waals surface area contributed by atoms with Crippen molar-refractivity contribution < 1.29 is 9.59 Å². The van der Waals surface area contributed by atoms with Gasteiger partial charge in [-0.05, 0) is 24.3 Å². The summed E-state index contributed by atoms with van der Waals surface area (Å²) in [6.45, 7) is 2.91. The molecule has 0 radical (unpaired) electrons. The van der Waals surface area contributed by atoms with Crippen molar-refractivity contribution >= 4 is 34.8 Å². The second-order valence-corrected chi connectivity index (χ2v) is 5.83. The van der Waals surface area contributed by atoms with Crippen LogP contribution in [0.5, 0.6) is 0 Å². The van der Waals surface area contributed by atoms with Gasteiger partial charge in [0.05, 0.1) is 17.1 Å². The highest BCUT2D eigenvalue weighted by molar-refractivity contribution is 6.32. The number of aromatic nitrogens is 2. The van der Waals surface area contributed by atoms with E-state index in [1.165, 1.54) is 13.8 Å². The molecule has 2 amide bonds. The predicted molar refractivity (Wildman–Crippen MR) is 108 cm³/mol. The lowest BCUT2D eigenvalue weighted by Crippen LogP contribution is -2.07. The van der Waals surface area contributed by atoms with E-state index in [1.54, 1.807) is 30.6 Å². The Kier molecular flexibility index (Phi) is 7.46. The zero-order valence-electron chi connectivity index (χ0n) is 14.9. The number of rotatable bonds is 3. The molecule has 2 N–H and O–H groups in total. The van der Waals surface area contributed by atoms with Gasteiger partial charge in [-0.3, -0.25) is 14.6 Å². The highest BCUT2D eigenvalue weighted by Crippen LogP contribution is 2.24. The summed E-state index contributed by atoms with van der Waals surface area (Å²) < 4.78 is 0. The number of anilines is 2. The van der Waals surface area contributed by atoms with E-state index >= 15 is 0 Å². The number of nitrogens with zero attached hydrogens (tertiary/aromatic N) is 2. The van der Waals surface area contributed by atoms with Gasteiger partial charge in [0.15, 0.2) is 5.15 Å². The van der Waals surface area contributed by atoms with Crippen LogP contribution in [0.3, 0.4) is 0 Å². The van der Waals surface area contributed by atoms with E-state index in [-0.39, 0.29) is 11.8 Å². The molecule has 0 saturated heterocycles. The molecule has 0 unspecified atom stereocenters. The van der Waals surface area contributed by atoms with Gasteiger partial charge < -0.3 is 10.6 Å². The minimum atomic E-state index is -0.153. The first-order chi connectivity index (χ1) is 13.0. The zero-order chi connectivity index (χ0) is 19.6. The van der Waals surface area contributed by atoms with Crippen LogP contribution in [0, 0.1) is 0 Å². The molecule has 0 aliphatic carbocycles. The van der Waals surface area contributed by atoms with Crippen LogP contribution in [-0.2, 0) is 9.59 Å². The van der Waals surface area contributed by atoms with Crippen LogP contribution in [0.2, 0.25) is 5.15 Å². The number of hydrogen-bond donors (Lipinski definition) is 2. The zero-order valence-corrected chi connectivity index (χ0v) is 15.7. The van der Waals surface area contributed by atoms with Gasteiger partial charge in [0.2, 0.25) is 11.8 Å².